The molecule has 0 saturated heterocycles. The van der Waals surface area contributed by atoms with Crippen molar-refractivity contribution in [3.05, 3.63) is 62.4 Å². The van der Waals surface area contributed by atoms with Crippen LogP contribution in [0.1, 0.15) is 24.1 Å². The second-order valence-electron chi connectivity index (χ2n) is 4.53. The Balaban J connectivity index is 2.29. The molecule has 0 aliphatic heterocycles. The standard InChI is InChI=1S/C14H14BrN3O2/c1-9-6-12(15)13(7-14(9)18(19)20)17-10(2)11-4-3-5-16-8-11/h3-8,10,17H,1-2H3. The van der Waals surface area contributed by atoms with Gasteiger partial charge in [-0.15, -0.1) is 0 Å². The highest BCUT2D eigenvalue weighted by atomic mass is 79.9. The van der Waals surface area contributed by atoms with Gasteiger partial charge in [-0.2, -0.15) is 0 Å². The van der Waals surface area contributed by atoms with Crippen LogP contribution in [0.25, 0.3) is 0 Å². The molecule has 1 aromatic heterocycles. The zero-order chi connectivity index (χ0) is 14.7. The van der Waals surface area contributed by atoms with Gasteiger partial charge in [-0.3, -0.25) is 15.1 Å². The number of anilines is 1. The van der Waals surface area contributed by atoms with Crippen molar-refractivity contribution in [2.45, 2.75) is 19.9 Å². The molecule has 0 fully saturated rings. The van der Waals surface area contributed by atoms with Crippen molar-refractivity contribution in [1.29, 1.82) is 0 Å². The van der Waals surface area contributed by atoms with Crippen LogP contribution in [-0.4, -0.2) is 9.91 Å². The van der Waals surface area contributed by atoms with Crippen LogP contribution < -0.4 is 5.32 Å². The summed E-state index contributed by atoms with van der Waals surface area (Å²) in [5, 5.41) is 14.3. The third-order valence-electron chi connectivity index (χ3n) is 3.04. The molecule has 1 aromatic carbocycles. The van der Waals surface area contributed by atoms with E-state index in [4.69, 9.17) is 0 Å². The summed E-state index contributed by atoms with van der Waals surface area (Å²) in [6, 6.07) is 7.12. The van der Waals surface area contributed by atoms with Gasteiger partial charge in [-0.25, -0.2) is 0 Å². The number of nitrogens with one attached hydrogen (secondary N) is 1. The predicted octanol–water partition coefficient (Wildman–Crippen LogP) is 4.23. The fraction of sp³-hybridized carbons (Fsp3) is 0.214. The molecule has 0 saturated carbocycles. The molecule has 2 aromatic rings. The maximum absolute atomic E-state index is 11.0. The van der Waals surface area contributed by atoms with Gasteiger partial charge in [0.1, 0.15) is 0 Å². The van der Waals surface area contributed by atoms with Crippen molar-refractivity contribution in [3.63, 3.8) is 0 Å². The number of nitro benzene ring substituents is 1. The minimum absolute atomic E-state index is 0.00214. The summed E-state index contributed by atoms with van der Waals surface area (Å²) in [5.41, 5.74) is 2.44. The summed E-state index contributed by atoms with van der Waals surface area (Å²) in [4.78, 5) is 14.7. The maximum atomic E-state index is 11.0. The molecule has 1 heterocycles. The average molecular weight is 336 g/mol. The molecular weight excluding hydrogens is 322 g/mol. The fourth-order valence-electron chi connectivity index (χ4n) is 1.92. The van der Waals surface area contributed by atoms with Crippen LogP contribution in [0.5, 0.6) is 0 Å². The van der Waals surface area contributed by atoms with Gasteiger partial charge in [0.15, 0.2) is 0 Å². The van der Waals surface area contributed by atoms with Crippen LogP contribution in [0.2, 0.25) is 0 Å². The van der Waals surface area contributed by atoms with Gasteiger partial charge in [-0.05, 0) is 47.5 Å². The van der Waals surface area contributed by atoms with E-state index >= 15 is 0 Å². The average Bonchev–Trinajstić information content (AvgIpc) is 2.42. The van der Waals surface area contributed by atoms with Crippen LogP contribution in [0.15, 0.2) is 41.1 Å². The molecule has 2 rings (SSSR count). The van der Waals surface area contributed by atoms with Crippen molar-refractivity contribution in [3.8, 4) is 0 Å². The number of rotatable bonds is 4. The predicted molar refractivity (Wildman–Crippen MR) is 81.8 cm³/mol. The maximum Gasteiger partial charge on any atom is 0.274 e. The Hall–Kier alpha value is -1.95. The van der Waals surface area contributed by atoms with E-state index < -0.39 is 0 Å². The Labute approximate surface area is 125 Å². The molecule has 0 bridgehead atoms. The molecule has 20 heavy (non-hydrogen) atoms. The number of hydrogen-bond donors (Lipinski definition) is 1. The molecule has 0 amide bonds. The van der Waals surface area contributed by atoms with Crippen molar-refractivity contribution in [2.75, 3.05) is 5.32 Å². The van der Waals surface area contributed by atoms with E-state index in [1.807, 2.05) is 19.1 Å². The largest absolute Gasteiger partial charge is 0.377 e. The number of aromatic nitrogens is 1. The normalized spacial score (nSPS) is 11.9. The summed E-state index contributed by atoms with van der Waals surface area (Å²) in [5.74, 6) is 0. The lowest BCUT2D eigenvalue weighted by Gasteiger charge is -2.16. The van der Waals surface area contributed by atoms with Gasteiger partial charge in [0, 0.05) is 28.5 Å². The number of nitro groups is 1. The first-order chi connectivity index (χ1) is 9.49. The van der Waals surface area contributed by atoms with Crippen LogP contribution >= 0.6 is 15.9 Å². The van der Waals surface area contributed by atoms with Crippen molar-refractivity contribution >= 4 is 27.3 Å². The first-order valence-electron chi connectivity index (χ1n) is 6.10. The van der Waals surface area contributed by atoms with Gasteiger partial charge < -0.3 is 5.32 Å². The Bertz CT molecular complexity index is 632. The molecular formula is C14H14BrN3O2. The van der Waals surface area contributed by atoms with E-state index in [1.54, 1.807) is 31.5 Å². The zero-order valence-electron chi connectivity index (χ0n) is 11.1. The topological polar surface area (TPSA) is 68.1 Å². The highest BCUT2D eigenvalue weighted by Gasteiger charge is 2.16. The van der Waals surface area contributed by atoms with Crippen LogP contribution in [-0.2, 0) is 0 Å². The zero-order valence-corrected chi connectivity index (χ0v) is 12.7. The Morgan fingerprint density at radius 3 is 2.80 bits per heavy atom. The summed E-state index contributed by atoms with van der Waals surface area (Å²) in [7, 11) is 0. The van der Waals surface area contributed by atoms with E-state index in [0.29, 0.717) is 11.3 Å². The first-order valence-corrected chi connectivity index (χ1v) is 6.89. The van der Waals surface area contributed by atoms with Crippen LogP contribution in [0.3, 0.4) is 0 Å². The van der Waals surface area contributed by atoms with E-state index in [9.17, 15) is 10.1 Å². The molecule has 0 aliphatic carbocycles. The SMILES string of the molecule is Cc1cc(Br)c(NC(C)c2cccnc2)cc1[N+](=O)[O-]. The molecule has 1 N–H and O–H groups in total. The van der Waals surface area contributed by atoms with Crippen LogP contribution in [0.4, 0.5) is 11.4 Å². The third kappa shape index (κ3) is 3.14. The number of benzene rings is 1. The highest BCUT2D eigenvalue weighted by molar-refractivity contribution is 9.10. The second-order valence-corrected chi connectivity index (χ2v) is 5.38. The number of hydrogen-bond acceptors (Lipinski definition) is 4. The van der Waals surface area contributed by atoms with Gasteiger partial charge in [-0.1, -0.05) is 6.07 Å². The molecule has 6 heteroatoms. The van der Waals surface area contributed by atoms with Crippen molar-refractivity contribution in [2.24, 2.45) is 0 Å². The molecule has 1 atom stereocenters. The molecule has 0 aliphatic rings. The third-order valence-corrected chi connectivity index (χ3v) is 3.69. The Morgan fingerprint density at radius 2 is 2.20 bits per heavy atom. The van der Waals surface area contributed by atoms with Gasteiger partial charge in [0.05, 0.1) is 16.7 Å². The fourth-order valence-corrected chi connectivity index (χ4v) is 2.49. The van der Waals surface area contributed by atoms with E-state index in [1.165, 1.54) is 0 Å². The lowest BCUT2D eigenvalue weighted by molar-refractivity contribution is -0.385. The first kappa shape index (κ1) is 14.5. The van der Waals surface area contributed by atoms with E-state index in [-0.39, 0.29) is 16.7 Å². The lowest BCUT2D eigenvalue weighted by Crippen LogP contribution is -2.08. The Kier molecular flexibility index (Phi) is 4.34. The molecule has 0 radical (unpaired) electrons. The van der Waals surface area contributed by atoms with Crippen molar-refractivity contribution in [1.82, 2.24) is 4.98 Å². The van der Waals surface area contributed by atoms with Gasteiger partial charge in [0.2, 0.25) is 0 Å². The second kappa shape index (κ2) is 6.00. The van der Waals surface area contributed by atoms with Gasteiger partial charge in [0.25, 0.3) is 5.69 Å². The number of pyridine rings is 1. The highest BCUT2D eigenvalue weighted by Crippen LogP contribution is 2.32. The minimum Gasteiger partial charge on any atom is -0.377 e. The van der Waals surface area contributed by atoms with E-state index in [2.05, 4.69) is 26.2 Å². The monoisotopic (exact) mass is 335 g/mol. The summed E-state index contributed by atoms with van der Waals surface area (Å²) >= 11 is 3.43. The summed E-state index contributed by atoms with van der Waals surface area (Å²) < 4.78 is 0.802. The molecule has 0 spiro atoms. The molecule has 1 unspecified atom stereocenters. The van der Waals surface area contributed by atoms with Crippen molar-refractivity contribution < 1.29 is 4.92 Å². The van der Waals surface area contributed by atoms with Crippen LogP contribution in [0, 0.1) is 17.0 Å². The van der Waals surface area contributed by atoms with Gasteiger partial charge >= 0.3 is 0 Å². The molecule has 104 valence electrons. The smallest absolute Gasteiger partial charge is 0.274 e. The number of aryl methyl sites for hydroxylation is 1. The summed E-state index contributed by atoms with van der Waals surface area (Å²) in [6.45, 7) is 3.70. The number of halogens is 1. The number of nitrogens with zero attached hydrogens (tertiary/aromatic N) is 2. The minimum atomic E-state index is -0.373. The Morgan fingerprint density at radius 1 is 1.45 bits per heavy atom. The lowest BCUT2D eigenvalue weighted by atomic mass is 10.1. The van der Waals surface area contributed by atoms with E-state index in [0.717, 1.165) is 10.0 Å². The summed E-state index contributed by atoms with van der Waals surface area (Å²) in [6.07, 6.45) is 3.48. The molecule has 5 nitrogen and oxygen atoms in total. The quantitative estimate of drug-likeness (QED) is 0.670.